The molecular weight excluding hydrogens is 416 g/mol. The molecule has 4 aromatic rings. The summed E-state index contributed by atoms with van der Waals surface area (Å²) in [5.41, 5.74) is 3.87. The molecule has 0 radical (unpaired) electrons. The molecule has 1 aromatic heterocycles. The Labute approximate surface area is 191 Å². The van der Waals surface area contributed by atoms with Crippen LogP contribution in [0.3, 0.4) is 0 Å². The van der Waals surface area contributed by atoms with Gasteiger partial charge in [0.1, 0.15) is 6.61 Å². The molecule has 0 aliphatic carbocycles. The number of ether oxygens (including phenoxy) is 2. The first kappa shape index (κ1) is 20.5. The first-order valence-electron chi connectivity index (χ1n) is 10.7. The third-order valence-electron chi connectivity index (χ3n) is 5.24. The van der Waals surface area contributed by atoms with Gasteiger partial charge in [-0.25, -0.2) is 4.98 Å². The molecule has 7 nitrogen and oxygen atoms in total. The molecule has 0 spiro atoms. The lowest BCUT2D eigenvalue weighted by Gasteiger charge is -2.20. The maximum Gasteiger partial charge on any atom is 0.255 e. The Hall–Kier alpha value is -4.39. The average molecular weight is 438 g/mol. The summed E-state index contributed by atoms with van der Waals surface area (Å²) in [7, 11) is 0. The highest BCUT2D eigenvalue weighted by atomic mass is 16.5. The van der Waals surface area contributed by atoms with Gasteiger partial charge in [0.05, 0.1) is 12.2 Å². The lowest BCUT2D eigenvalue weighted by Crippen LogP contribution is -2.21. The normalized spacial score (nSPS) is 12.3. The zero-order valence-corrected chi connectivity index (χ0v) is 18.0. The van der Waals surface area contributed by atoms with E-state index in [1.54, 1.807) is 0 Å². The van der Waals surface area contributed by atoms with E-state index in [1.165, 1.54) is 0 Å². The number of aromatic amines is 1. The number of amides is 1. The third-order valence-corrected chi connectivity index (χ3v) is 5.24. The fraction of sp³-hybridized carbons (Fsp3) is 0.115. The second-order valence-electron chi connectivity index (χ2n) is 7.47. The number of carbonyl (C=O) groups excluding carboxylic acids is 1. The minimum Gasteiger partial charge on any atom is -0.490 e. The monoisotopic (exact) mass is 438 g/mol. The van der Waals surface area contributed by atoms with Crippen LogP contribution in [0, 0.1) is 0 Å². The van der Waals surface area contributed by atoms with Crippen LogP contribution in [0.15, 0.2) is 78.4 Å². The highest BCUT2D eigenvalue weighted by molar-refractivity contribution is 6.07. The van der Waals surface area contributed by atoms with Crippen molar-refractivity contribution in [3.8, 4) is 34.3 Å². The number of anilines is 1. The zero-order valence-electron chi connectivity index (χ0n) is 18.0. The Morgan fingerprint density at radius 1 is 1.03 bits per heavy atom. The van der Waals surface area contributed by atoms with Crippen LogP contribution in [-0.2, 0) is 4.79 Å². The van der Waals surface area contributed by atoms with Crippen LogP contribution < -0.4 is 14.8 Å². The van der Waals surface area contributed by atoms with Crippen LogP contribution in [0.4, 0.5) is 5.69 Å². The van der Waals surface area contributed by atoms with E-state index in [0.717, 1.165) is 16.7 Å². The van der Waals surface area contributed by atoms with E-state index in [2.05, 4.69) is 20.5 Å². The molecule has 164 valence electrons. The molecule has 0 bridgehead atoms. The number of benzene rings is 3. The quantitative estimate of drug-likeness (QED) is 0.445. The summed E-state index contributed by atoms with van der Waals surface area (Å²) < 4.78 is 11.4. The second kappa shape index (κ2) is 9.00. The highest BCUT2D eigenvalue weighted by Gasteiger charge is 2.20. The zero-order chi connectivity index (χ0) is 22.6. The molecule has 5 rings (SSSR count). The van der Waals surface area contributed by atoms with Gasteiger partial charge in [0.15, 0.2) is 23.1 Å². The van der Waals surface area contributed by atoms with Crippen LogP contribution in [-0.4, -0.2) is 34.3 Å². The first-order chi connectivity index (χ1) is 16.2. The standard InChI is InChI=1S/C26H22N4O3/c1-2-32-22-10-6-9-19-15-20(16-33-23(19)22)26(31)27-21-13-11-18(12-14-21)25-28-24(29-30-25)17-7-4-3-5-8-17/h3-15H,2,16H2,1H3,(H,27,31)(H,28,29,30). The molecule has 0 saturated carbocycles. The minimum absolute atomic E-state index is 0.182. The van der Waals surface area contributed by atoms with Crippen LogP contribution in [0.5, 0.6) is 11.5 Å². The number of para-hydroxylation sites is 1. The number of hydrogen-bond donors (Lipinski definition) is 2. The van der Waals surface area contributed by atoms with Gasteiger partial charge in [0.2, 0.25) is 0 Å². The smallest absolute Gasteiger partial charge is 0.255 e. The molecule has 3 aromatic carbocycles. The summed E-state index contributed by atoms with van der Waals surface area (Å²) >= 11 is 0. The van der Waals surface area contributed by atoms with Gasteiger partial charge < -0.3 is 14.8 Å². The van der Waals surface area contributed by atoms with E-state index >= 15 is 0 Å². The predicted octanol–water partition coefficient (Wildman–Crippen LogP) is 4.95. The van der Waals surface area contributed by atoms with Crippen molar-refractivity contribution in [3.63, 3.8) is 0 Å². The molecule has 1 aliphatic rings. The SMILES string of the molecule is CCOc1cccc2c1OCC(C(=O)Nc1ccc(-c3nc(-c4ccccc4)n[nH]3)cc1)=C2. The Bertz CT molecular complexity index is 1310. The van der Waals surface area contributed by atoms with Crippen LogP contribution in [0.2, 0.25) is 0 Å². The number of aromatic nitrogens is 3. The van der Waals surface area contributed by atoms with Crippen molar-refractivity contribution < 1.29 is 14.3 Å². The molecule has 33 heavy (non-hydrogen) atoms. The number of nitrogens with one attached hydrogen (secondary N) is 2. The molecule has 7 heteroatoms. The van der Waals surface area contributed by atoms with E-state index in [4.69, 9.17) is 9.47 Å². The fourth-order valence-corrected chi connectivity index (χ4v) is 3.61. The number of hydrogen-bond acceptors (Lipinski definition) is 5. The highest BCUT2D eigenvalue weighted by Crippen LogP contribution is 2.36. The lowest BCUT2D eigenvalue weighted by atomic mass is 10.1. The molecule has 0 saturated heterocycles. The van der Waals surface area contributed by atoms with Gasteiger partial charge in [-0.15, -0.1) is 0 Å². The Morgan fingerprint density at radius 2 is 1.85 bits per heavy atom. The van der Waals surface area contributed by atoms with Crippen molar-refractivity contribution in [2.75, 3.05) is 18.5 Å². The van der Waals surface area contributed by atoms with Gasteiger partial charge in [0.25, 0.3) is 5.91 Å². The largest absolute Gasteiger partial charge is 0.490 e. The molecule has 1 aliphatic heterocycles. The van der Waals surface area contributed by atoms with Crippen LogP contribution >= 0.6 is 0 Å². The number of nitrogens with zero attached hydrogens (tertiary/aromatic N) is 2. The molecule has 1 amide bonds. The van der Waals surface area contributed by atoms with Gasteiger partial charge in [0, 0.05) is 22.4 Å². The lowest BCUT2D eigenvalue weighted by molar-refractivity contribution is -0.113. The van der Waals surface area contributed by atoms with Crippen molar-refractivity contribution in [2.45, 2.75) is 6.92 Å². The van der Waals surface area contributed by atoms with Gasteiger partial charge in [-0.1, -0.05) is 42.5 Å². The van der Waals surface area contributed by atoms with Gasteiger partial charge >= 0.3 is 0 Å². The number of H-pyrrole nitrogens is 1. The Kier molecular flexibility index (Phi) is 5.59. The maximum atomic E-state index is 12.8. The summed E-state index contributed by atoms with van der Waals surface area (Å²) in [5.74, 6) is 2.45. The molecular formula is C26H22N4O3. The summed E-state index contributed by atoms with van der Waals surface area (Å²) in [4.78, 5) is 17.4. The number of carbonyl (C=O) groups is 1. The van der Waals surface area contributed by atoms with Crippen molar-refractivity contribution in [2.24, 2.45) is 0 Å². The van der Waals surface area contributed by atoms with E-state index in [9.17, 15) is 4.79 Å². The topological polar surface area (TPSA) is 89.1 Å². The van der Waals surface area contributed by atoms with Crippen LogP contribution in [0.1, 0.15) is 12.5 Å². The van der Waals surface area contributed by atoms with Gasteiger partial charge in [-0.05, 0) is 43.3 Å². The summed E-state index contributed by atoms with van der Waals surface area (Å²) in [6.07, 6.45) is 1.84. The molecule has 0 unspecified atom stereocenters. The predicted molar refractivity (Wildman–Crippen MR) is 127 cm³/mol. The molecule has 2 N–H and O–H groups in total. The Morgan fingerprint density at radius 3 is 2.64 bits per heavy atom. The minimum atomic E-state index is -0.207. The maximum absolute atomic E-state index is 12.8. The summed E-state index contributed by atoms with van der Waals surface area (Å²) in [5, 5.41) is 10.2. The fourth-order valence-electron chi connectivity index (χ4n) is 3.61. The van der Waals surface area contributed by atoms with E-state index in [-0.39, 0.29) is 12.5 Å². The number of rotatable bonds is 6. The van der Waals surface area contributed by atoms with Gasteiger partial charge in [-0.3, -0.25) is 9.89 Å². The van der Waals surface area contributed by atoms with Crippen molar-refractivity contribution in [1.82, 2.24) is 15.2 Å². The molecule has 0 fully saturated rings. The van der Waals surface area contributed by atoms with Crippen molar-refractivity contribution in [3.05, 3.63) is 83.9 Å². The summed E-state index contributed by atoms with van der Waals surface area (Å²) in [6, 6.07) is 22.9. The molecule has 2 heterocycles. The summed E-state index contributed by atoms with van der Waals surface area (Å²) in [6.45, 7) is 2.66. The molecule has 0 atom stereocenters. The van der Waals surface area contributed by atoms with E-state index in [1.807, 2.05) is 85.8 Å². The second-order valence-corrected chi connectivity index (χ2v) is 7.47. The first-order valence-corrected chi connectivity index (χ1v) is 10.7. The number of fused-ring (bicyclic) bond motifs is 1. The van der Waals surface area contributed by atoms with E-state index in [0.29, 0.717) is 41.0 Å². The van der Waals surface area contributed by atoms with Crippen molar-refractivity contribution in [1.29, 1.82) is 0 Å². The van der Waals surface area contributed by atoms with E-state index < -0.39 is 0 Å². The van der Waals surface area contributed by atoms with Crippen molar-refractivity contribution >= 4 is 17.7 Å². The Balaban J connectivity index is 1.29. The van der Waals surface area contributed by atoms with Crippen LogP contribution in [0.25, 0.3) is 28.9 Å². The van der Waals surface area contributed by atoms with Gasteiger partial charge in [-0.2, -0.15) is 5.10 Å². The third kappa shape index (κ3) is 4.34. The average Bonchev–Trinajstić information content (AvgIpc) is 3.35.